The van der Waals surface area contributed by atoms with Gasteiger partial charge in [0.2, 0.25) is 5.91 Å². The first-order valence-corrected chi connectivity index (χ1v) is 12.1. The van der Waals surface area contributed by atoms with E-state index in [0.29, 0.717) is 22.0 Å². The van der Waals surface area contributed by atoms with Gasteiger partial charge in [0.15, 0.2) is 0 Å². The van der Waals surface area contributed by atoms with E-state index in [1.165, 1.54) is 28.8 Å². The predicted octanol–water partition coefficient (Wildman–Crippen LogP) is 7.33. The minimum Gasteiger partial charge on any atom is -0.487 e. The molecule has 172 valence electrons. The minimum atomic E-state index is -0.684. The van der Waals surface area contributed by atoms with E-state index in [9.17, 15) is 13.6 Å². The third-order valence-corrected chi connectivity index (χ3v) is 6.29. The molecule has 0 spiro atoms. The van der Waals surface area contributed by atoms with Crippen molar-refractivity contribution in [2.45, 2.75) is 66.4 Å². The van der Waals surface area contributed by atoms with Crippen molar-refractivity contribution in [2.75, 3.05) is 11.2 Å². The predicted molar refractivity (Wildman–Crippen MR) is 129 cm³/mol. The van der Waals surface area contributed by atoms with Crippen LogP contribution in [-0.4, -0.2) is 23.5 Å². The molecule has 0 saturated heterocycles. The van der Waals surface area contributed by atoms with Gasteiger partial charge in [0.1, 0.15) is 28.7 Å². The number of benzene rings is 2. The Kier molecular flexibility index (Phi) is 10.8. The van der Waals surface area contributed by atoms with Gasteiger partial charge in [-0.15, -0.1) is 11.8 Å². The Bertz CT molecular complexity index is 887. The fraction of sp³-hybridized carbons (Fsp3) is 0.458. The van der Waals surface area contributed by atoms with Gasteiger partial charge in [-0.3, -0.25) is 4.79 Å². The zero-order valence-corrected chi connectivity index (χ0v) is 21.0. The Balaban J connectivity index is 0.00000113. The smallest absolute Gasteiger partial charge is 0.244 e. The molecule has 2 unspecified atom stereocenters. The Labute approximate surface area is 194 Å². The van der Waals surface area contributed by atoms with Gasteiger partial charge in [0.05, 0.1) is 12.2 Å². The quantitative estimate of drug-likeness (QED) is 0.469. The van der Waals surface area contributed by atoms with Gasteiger partial charge >= 0.3 is 0 Å². The number of fused-ring (bicyclic) bond motifs is 1. The van der Waals surface area contributed by atoms with Gasteiger partial charge in [-0.2, -0.15) is 0 Å². The summed E-state index contributed by atoms with van der Waals surface area (Å²) in [5.74, 6) is -0.975. The molecule has 2 aromatic rings. The molecule has 2 atom stereocenters. The summed E-state index contributed by atoms with van der Waals surface area (Å²) in [4.78, 5) is 14.7. The van der Waals surface area contributed by atoms with Gasteiger partial charge in [0, 0.05) is 11.1 Å². The van der Waals surface area contributed by atoms with Gasteiger partial charge in [-0.25, -0.2) is 8.78 Å². The van der Waals surface area contributed by atoms with Crippen molar-refractivity contribution in [3.05, 3.63) is 57.6 Å². The molecule has 0 aromatic heterocycles. The van der Waals surface area contributed by atoms with E-state index in [4.69, 9.17) is 16.3 Å². The first kappa shape index (κ1) is 27.2. The second kappa shape index (κ2) is 12.3. The second-order valence-corrected chi connectivity index (χ2v) is 8.02. The van der Waals surface area contributed by atoms with Crippen molar-refractivity contribution in [2.24, 2.45) is 0 Å². The van der Waals surface area contributed by atoms with Crippen LogP contribution in [0.1, 0.15) is 51.3 Å². The van der Waals surface area contributed by atoms with Crippen LogP contribution in [-0.2, 0) is 11.3 Å². The number of carbonyl (C=O) groups is 1. The molecule has 7 heteroatoms. The molecule has 1 aliphatic rings. The lowest BCUT2D eigenvalue weighted by atomic mass is 10.1. The molecular weight excluding hydrogens is 440 g/mol. The molecule has 0 aliphatic carbocycles. The van der Waals surface area contributed by atoms with Crippen LogP contribution in [0.5, 0.6) is 5.75 Å². The fourth-order valence-corrected chi connectivity index (χ4v) is 4.26. The van der Waals surface area contributed by atoms with Gasteiger partial charge in [-0.05, 0) is 61.9 Å². The maximum absolute atomic E-state index is 13.6. The zero-order valence-electron chi connectivity index (χ0n) is 19.5. The summed E-state index contributed by atoms with van der Waals surface area (Å²) in [7, 11) is 0. The van der Waals surface area contributed by atoms with E-state index in [-0.39, 0.29) is 18.6 Å². The van der Waals surface area contributed by atoms with Crippen molar-refractivity contribution >= 4 is 35.0 Å². The van der Waals surface area contributed by atoms with Crippen molar-refractivity contribution in [3.63, 3.8) is 0 Å². The molecule has 1 aliphatic heterocycles. The van der Waals surface area contributed by atoms with E-state index in [1.54, 1.807) is 6.07 Å². The molecular formula is C24H32ClF2NO2S. The Hall–Kier alpha value is -1.79. The molecule has 0 radical (unpaired) electrons. The molecule has 3 rings (SSSR count). The van der Waals surface area contributed by atoms with Crippen LogP contribution in [0.15, 0.2) is 24.3 Å². The highest BCUT2D eigenvalue weighted by molar-refractivity contribution is 8.00. The van der Waals surface area contributed by atoms with E-state index in [1.807, 2.05) is 54.7 Å². The third-order valence-electron chi connectivity index (χ3n) is 4.80. The molecule has 0 bridgehead atoms. The molecule has 0 N–H and O–H groups in total. The number of thioether (sulfide) groups is 1. The largest absolute Gasteiger partial charge is 0.487 e. The van der Waals surface area contributed by atoms with Crippen molar-refractivity contribution in [1.82, 2.24) is 0 Å². The number of carbonyl (C=O) groups excluding carboxylic acids is 1. The molecule has 2 aromatic carbocycles. The number of hydrogen-bond acceptors (Lipinski definition) is 3. The number of anilines is 1. The van der Waals surface area contributed by atoms with Crippen LogP contribution in [0.2, 0.25) is 5.02 Å². The van der Waals surface area contributed by atoms with E-state index >= 15 is 0 Å². The number of halogens is 3. The van der Waals surface area contributed by atoms with Gasteiger partial charge in [-0.1, -0.05) is 39.3 Å². The third kappa shape index (κ3) is 6.13. The number of nitrogens with zero attached hydrogens (tertiary/aromatic N) is 1. The maximum Gasteiger partial charge on any atom is 0.244 e. The lowest BCUT2D eigenvalue weighted by Crippen LogP contribution is -2.41. The number of ether oxygens (including phenoxy) is 1. The molecule has 0 saturated carbocycles. The fourth-order valence-electron chi connectivity index (χ4n) is 3.25. The summed E-state index contributed by atoms with van der Waals surface area (Å²) >= 11 is 7.74. The highest BCUT2D eigenvalue weighted by Gasteiger charge is 2.37. The minimum absolute atomic E-state index is 0.0203. The Morgan fingerprint density at radius 1 is 1.03 bits per heavy atom. The SMILES string of the molecule is CC.CC.CSC1C(=O)N(Cc2cc(F)cc(F)c2)c2cc(Cl)c(C)c(C)c2OC1C. The van der Waals surface area contributed by atoms with Crippen molar-refractivity contribution in [3.8, 4) is 5.75 Å². The summed E-state index contributed by atoms with van der Waals surface area (Å²) in [5.41, 5.74) is 2.58. The monoisotopic (exact) mass is 471 g/mol. The van der Waals surface area contributed by atoms with Crippen LogP contribution in [0.4, 0.5) is 14.5 Å². The average Bonchev–Trinajstić information content (AvgIpc) is 2.83. The van der Waals surface area contributed by atoms with E-state index in [0.717, 1.165) is 17.2 Å². The van der Waals surface area contributed by atoms with E-state index < -0.39 is 16.9 Å². The molecule has 1 heterocycles. The van der Waals surface area contributed by atoms with Gasteiger partial charge in [0.25, 0.3) is 0 Å². The molecule has 1 amide bonds. The summed E-state index contributed by atoms with van der Waals surface area (Å²) in [6.45, 7) is 13.6. The lowest BCUT2D eigenvalue weighted by Gasteiger charge is -2.25. The summed E-state index contributed by atoms with van der Waals surface area (Å²) in [6, 6.07) is 4.94. The normalized spacial score (nSPS) is 17.4. The van der Waals surface area contributed by atoms with E-state index in [2.05, 4.69) is 0 Å². The summed E-state index contributed by atoms with van der Waals surface area (Å²) in [6.07, 6.45) is 1.48. The molecule has 0 fully saturated rings. The highest BCUT2D eigenvalue weighted by Crippen LogP contribution is 2.42. The first-order chi connectivity index (χ1) is 14.7. The number of hydrogen-bond donors (Lipinski definition) is 0. The van der Waals surface area contributed by atoms with Crippen LogP contribution >= 0.6 is 23.4 Å². The standard InChI is InChI=1S/C20H20ClF2NO2S.2C2H6/c1-10-11(2)18-17(8-16(10)21)24(20(25)19(27-4)12(3)26-18)9-13-5-14(22)7-15(23)6-13;2*1-2/h5-8,12,19H,9H2,1-4H3;2*1-2H3. The zero-order chi connectivity index (χ0) is 23.9. The average molecular weight is 472 g/mol. The van der Waals surface area contributed by atoms with Crippen LogP contribution in [0.25, 0.3) is 0 Å². The van der Waals surface area contributed by atoms with Gasteiger partial charge < -0.3 is 9.64 Å². The van der Waals surface area contributed by atoms with Crippen molar-refractivity contribution < 1.29 is 18.3 Å². The Morgan fingerprint density at radius 2 is 1.58 bits per heavy atom. The second-order valence-electron chi connectivity index (χ2n) is 6.64. The van der Waals surface area contributed by atoms with Crippen molar-refractivity contribution in [1.29, 1.82) is 0 Å². The van der Waals surface area contributed by atoms with Crippen LogP contribution in [0.3, 0.4) is 0 Å². The Morgan fingerprint density at radius 3 is 2.10 bits per heavy atom. The lowest BCUT2D eigenvalue weighted by molar-refractivity contribution is -0.119. The van der Waals surface area contributed by atoms with Crippen LogP contribution in [0, 0.1) is 25.5 Å². The number of amides is 1. The number of rotatable bonds is 3. The summed E-state index contributed by atoms with van der Waals surface area (Å²) < 4.78 is 33.4. The van der Waals surface area contributed by atoms with Crippen LogP contribution < -0.4 is 9.64 Å². The summed E-state index contributed by atoms with van der Waals surface area (Å²) in [5, 5.41) is 0.0580. The first-order valence-electron chi connectivity index (χ1n) is 10.5. The maximum atomic E-state index is 13.6. The molecule has 31 heavy (non-hydrogen) atoms. The highest BCUT2D eigenvalue weighted by atomic mass is 35.5. The topological polar surface area (TPSA) is 29.5 Å². The molecule has 3 nitrogen and oxygen atoms in total.